The van der Waals surface area contributed by atoms with Gasteiger partial charge in [0.2, 0.25) is 0 Å². The van der Waals surface area contributed by atoms with Crippen LogP contribution in [0.1, 0.15) is 12.8 Å². The summed E-state index contributed by atoms with van der Waals surface area (Å²) in [7, 11) is 2.16. The zero-order valence-corrected chi connectivity index (χ0v) is 7.97. The van der Waals surface area contributed by atoms with Gasteiger partial charge in [0.15, 0.2) is 0 Å². The first-order valence-electron chi connectivity index (χ1n) is 2.90. The Kier molecular flexibility index (Phi) is 9.43. The smallest absolute Gasteiger partial charge is 0.358 e. The Labute approximate surface area is 75.0 Å². The summed E-state index contributed by atoms with van der Waals surface area (Å²) in [6, 6.07) is 0. The van der Waals surface area contributed by atoms with Crippen molar-refractivity contribution in [1.29, 1.82) is 0 Å². The molecule has 0 aromatic heterocycles. The zero-order chi connectivity index (χ0) is 5.11. The molecule has 1 rings (SSSR count). The zero-order valence-electron chi connectivity index (χ0n) is 6.56. The molecule has 0 N–H and O–H groups in total. The summed E-state index contributed by atoms with van der Waals surface area (Å²) in [6.07, 6.45) is 5.02. The third kappa shape index (κ3) is 5.18. The molecule has 0 amide bonds. The Bertz CT molecular complexity index is 50.9. The molecule has 9 heavy (non-hydrogen) atoms. The number of hydrogen-bond donors (Lipinski definition) is 0. The van der Waals surface area contributed by atoms with E-state index in [0.29, 0.717) is 0 Å². The van der Waals surface area contributed by atoms with Crippen LogP contribution in [-0.4, -0.2) is 48.1 Å². The monoisotopic (exact) mass is 137 g/mol. The normalized spacial score (nSPS) is 19.7. The van der Waals surface area contributed by atoms with Crippen molar-refractivity contribution in [3.63, 3.8) is 0 Å². The first-order chi connectivity index (χ1) is 3.39. The van der Waals surface area contributed by atoms with Crippen LogP contribution in [0.2, 0.25) is 0 Å². The van der Waals surface area contributed by atoms with E-state index in [9.17, 15) is 0 Å². The van der Waals surface area contributed by atoms with Crippen LogP contribution >= 0.6 is 0 Å². The summed E-state index contributed by atoms with van der Waals surface area (Å²) < 4.78 is 0. The van der Waals surface area contributed by atoms with E-state index in [2.05, 4.69) is 18.4 Å². The number of likely N-dealkylation sites (tertiary alicyclic amines) is 1. The molecule has 0 spiro atoms. The average molecular weight is 138 g/mol. The molecule has 1 aliphatic heterocycles. The molecule has 0 aromatic carbocycles. The molecule has 2 heteroatoms. The van der Waals surface area contributed by atoms with E-state index in [1.807, 2.05) is 0 Å². The molecule has 1 fully saturated rings. The Balaban J connectivity index is 0. The van der Waals surface area contributed by atoms with Crippen molar-refractivity contribution in [2.75, 3.05) is 20.1 Å². The molecular formula is C7H15MgN. The molecule has 50 valence electrons. The molecule has 0 aromatic rings. The third-order valence-corrected chi connectivity index (χ3v) is 1.39. The fourth-order valence-corrected chi connectivity index (χ4v) is 0.909. The van der Waals surface area contributed by atoms with Crippen LogP contribution < -0.4 is 0 Å². The van der Waals surface area contributed by atoms with E-state index in [-0.39, 0.29) is 30.5 Å². The second kappa shape index (κ2) is 6.84. The molecule has 0 unspecified atom stereocenters. The second-order valence-corrected chi connectivity index (χ2v) is 2.19. The maximum absolute atomic E-state index is 2.34. The first kappa shape index (κ1) is 12.4. The molecule has 0 aliphatic carbocycles. The SMILES string of the molecule is CN1C[CH-]CCC1.[CH3-].[Mg+2]. The molecule has 0 saturated carbocycles. The summed E-state index contributed by atoms with van der Waals surface area (Å²) in [5.41, 5.74) is 0. The van der Waals surface area contributed by atoms with Gasteiger partial charge < -0.3 is 18.7 Å². The van der Waals surface area contributed by atoms with Crippen molar-refractivity contribution < 1.29 is 0 Å². The largest absolute Gasteiger partial charge is 2.00 e. The van der Waals surface area contributed by atoms with Crippen LogP contribution in [0.3, 0.4) is 0 Å². The topological polar surface area (TPSA) is 3.24 Å². The van der Waals surface area contributed by atoms with Crippen molar-refractivity contribution in [3.8, 4) is 0 Å². The van der Waals surface area contributed by atoms with Gasteiger partial charge in [0, 0.05) is 0 Å². The number of nitrogens with zero attached hydrogens (tertiary/aromatic N) is 1. The van der Waals surface area contributed by atoms with Crippen molar-refractivity contribution in [2.45, 2.75) is 12.8 Å². The van der Waals surface area contributed by atoms with Crippen LogP contribution in [-0.2, 0) is 0 Å². The van der Waals surface area contributed by atoms with Gasteiger partial charge >= 0.3 is 23.1 Å². The minimum atomic E-state index is 0. The summed E-state index contributed by atoms with van der Waals surface area (Å²) in [4.78, 5) is 2.34. The predicted molar refractivity (Wildman–Crippen MR) is 43.2 cm³/mol. The van der Waals surface area contributed by atoms with Crippen LogP contribution in [0.4, 0.5) is 0 Å². The van der Waals surface area contributed by atoms with Crippen LogP contribution in [0, 0.1) is 13.8 Å². The predicted octanol–water partition coefficient (Wildman–Crippen LogP) is 0.986. The van der Waals surface area contributed by atoms with Crippen molar-refractivity contribution in [3.05, 3.63) is 13.8 Å². The molecular weight excluding hydrogens is 122 g/mol. The van der Waals surface area contributed by atoms with E-state index in [0.717, 1.165) is 0 Å². The van der Waals surface area contributed by atoms with Crippen LogP contribution in [0.5, 0.6) is 0 Å². The summed E-state index contributed by atoms with van der Waals surface area (Å²) in [6.45, 7) is 2.48. The molecule has 1 aliphatic rings. The molecule has 1 nitrogen and oxygen atoms in total. The molecule has 1 saturated heterocycles. The Morgan fingerprint density at radius 3 is 2.33 bits per heavy atom. The van der Waals surface area contributed by atoms with Crippen molar-refractivity contribution in [1.82, 2.24) is 4.90 Å². The molecule has 0 radical (unpaired) electrons. The number of piperidine rings is 1. The summed E-state index contributed by atoms with van der Waals surface area (Å²) in [5, 5.41) is 0. The summed E-state index contributed by atoms with van der Waals surface area (Å²) in [5.74, 6) is 0. The van der Waals surface area contributed by atoms with Gasteiger partial charge in [0.25, 0.3) is 0 Å². The number of rotatable bonds is 0. The van der Waals surface area contributed by atoms with E-state index in [4.69, 9.17) is 0 Å². The summed E-state index contributed by atoms with van der Waals surface area (Å²) >= 11 is 0. The quantitative estimate of drug-likeness (QED) is 0.356. The fourth-order valence-electron chi connectivity index (χ4n) is 0.909. The van der Waals surface area contributed by atoms with Gasteiger partial charge in [-0.25, -0.2) is 0 Å². The van der Waals surface area contributed by atoms with E-state index >= 15 is 0 Å². The van der Waals surface area contributed by atoms with Crippen LogP contribution in [0.25, 0.3) is 0 Å². The van der Waals surface area contributed by atoms with Gasteiger partial charge in [-0.2, -0.15) is 6.42 Å². The van der Waals surface area contributed by atoms with Crippen molar-refractivity contribution in [2.24, 2.45) is 0 Å². The second-order valence-electron chi connectivity index (χ2n) is 2.19. The maximum Gasteiger partial charge on any atom is 2.00 e. The van der Waals surface area contributed by atoms with Crippen molar-refractivity contribution >= 4 is 23.1 Å². The number of hydrogen-bond acceptors (Lipinski definition) is 1. The molecule has 1 heterocycles. The van der Waals surface area contributed by atoms with Gasteiger partial charge in [-0.05, 0) is 13.6 Å². The minimum absolute atomic E-state index is 0. The van der Waals surface area contributed by atoms with Gasteiger partial charge in [-0.3, -0.25) is 0 Å². The minimum Gasteiger partial charge on any atom is -0.358 e. The fraction of sp³-hybridized carbons (Fsp3) is 0.714. The van der Waals surface area contributed by atoms with Gasteiger partial charge in [-0.15, -0.1) is 6.54 Å². The average Bonchev–Trinajstić information content (AvgIpc) is 1.69. The van der Waals surface area contributed by atoms with Gasteiger partial charge in [0.05, 0.1) is 0 Å². The van der Waals surface area contributed by atoms with E-state index in [1.54, 1.807) is 0 Å². The Hall–Kier alpha value is 0.726. The maximum atomic E-state index is 2.34. The third-order valence-electron chi connectivity index (χ3n) is 1.39. The molecule has 0 bridgehead atoms. The van der Waals surface area contributed by atoms with Gasteiger partial charge in [-0.1, -0.05) is 6.42 Å². The van der Waals surface area contributed by atoms with Crippen LogP contribution in [0.15, 0.2) is 0 Å². The van der Waals surface area contributed by atoms with E-state index < -0.39 is 0 Å². The Morgan fingerprint density at radius 1 is 1.44 bits per heavy atom. The van der Waals surface area contributed by atoms with E-state index in [1.165, 1.54) is 25.9 Å². The first-order valence-corrected chi connectivity index (χ1v) is 2.90. The Morgan fingerprint density at radius 2 is 2.11 bits per heavy atom. The standard InChI is InChI=1S/C6H12N.CH3.Mg/c1-7-5-3-2-4-6-7;;/h3H,2,4-6H2,1H3;1H3;/q2*-1;+2. The van der Waals surface area contributed by atoms with Gasteiger partial charge in [0.1, 0.15) is 0 Å². The molecule has 0 atom stereocenters.